The molecule has 0 amide bonds. The van der Waals surface area contributed by atoms with Crippen LogP contribution in [-0.4, -0.2) is 6.04 Å². The van der Waals surface area contributed by atoms with Crippen molar-refractivity contribution in [3.63, 3.8) is 0 Å². The summed E-state index contributed by atoms with van der Waals surface area (Å²) in [6, 6.07) is 6.24. The number of benzene rings is 1. The van der Waals surface area contributed by atoms with Crippen LogP contribution in [0.4, 0.5) is 0 Å². The molecule has 0 aliphatic heterocycles. The Balaban J connectivity index is 1.92. The number of hydrogen-bond donors (Lipinski definition) is 1. The first-order valence-electron chi connectivity index (χ1n) is 6.14. The average molecular weight is 272 g/mol. The normalized spacial score (nSPS) is 22.9. The van der Waals surface area contributed by atoms with Crippen LogP contribution in [-0.2, 0) is 6.54 Å². The Labute approximate surface area is 114 Å². The molecule has 1 unspecified atom stereocenters. The van der Waals surface area contributed by atoms with Gasteiger partial charge in [-0.05, 0) is 48.4 Å². The molecule has 0 saturated heterocycles. The predicted octanol–water partition coefficient (Wildman–Crippen LogP) is 4.66. The molecule has 1 fully saturated rings. The van der Waals surface area contributed by atoms with Crippen molar-refractivity contribution in [1.29, 1.82) is 0 Å². The summed E-state index contributed by atoms with van der Waals surface area (Å²) in [6.07, 6.45) is 3.80. The van der Waals surface area contributed by atoms with Crippen molar-refractivity contribution in [3.8, 4) is 0 Å². The molecule has 94 valence electrons. The van der Waals surface area contributed by atoms with Gasteiger partial charge in [0, 0.05) is 22.6 Å². The first-order valence-corrected chi connectivity index (χ1v) is 6.89. The van der Waals surface area contributed by atoms with E-state index in [9.17, 15) is 0 Å². The molecule has 1 aromatic rings. The van der Waals surface area contributed by atoms with Crippen molar-refractivity contribution in [2.75, 3.05) is 0 Å². The van der Waals surface area contributed by atoms with E-state index in [0.717, 1.165) is 22.2 Å². The number of hydrogen-bond acceptors (Lipinski definition) is 1. The van der Waals surface area contributed by atoms with Gasteiger partial charge in [0.15, 0.2) is 0 Å². The van der Waals surface area contributed by atoms with E-state index in [4.69, 9.17) is 23.2 Å². The highest BCUT2D eigenvalue weighted by Crippen LogP contribution is 2.37. The van der Waals surface area contributed by atoms with E-state index in [-0.39, 0.29) is 0 Å². The lowest BCUT2D eigenvalue weighted by molar-refractivity contribution is 0.364. The zero-order valence-corrected chi connectivity index (χ0v) is 11.9. The maximum absolute atomic E-state index is 6.14. The average Bonchev–Trinajstić information content (AvgIpc) is 2.60. The lowest BCUT2D eigenvalue weighted by Gasteiger charge is -2.18. The molecule has 0 radical (unpaired) electrons. The van der Waals surface area contributed by atoms with Crippen LogP contribution >= 0.6 is 23.2 Å². The highest BCUT2D eigenvalue weighted by Gasteiger charge is 2.30. The molecule has 0 aromatic heterocycles. The van der Waals surface area contributed by atoms with Gasteiger partial charge in [0.2, 0.25) is 0 Å². The van der Waals surface area contributed by atoms with Crippen molar-refractivity contribution in [1.82, 2.24) is 5.32 Å². The molecule has 1 aromatic carbocycles. The first kappa shape index (κ1) is 13.2. The van der Waals surface area contributed by atoms with Crippen LogP contribution in [0, 0.1) is 5.41 Å². The minimum atomic E-state index is 0.482. The van der Waals surface area contributed by atoms with E-state index in [1.165, 1.54) is 19.3 Å². The fraction of sp³-hybridized carbons (Fsp3) is 0.571. The van der Waals surface area contributed by atoms with E-state index < -0.39 is 0 Å². The van der Waals surface area contributed by atoms with Crippen molar-refractivity contribution in [3.05, 3.63) is 33.8 Å². The predicted molar refractivity (Wildman–Crippen MR) is 74.7 cm³/mol. The van der Waals surface area contributed by atoms with Gasteiger partial charge < -0.3 is 5.32 Å². The zero-order chi connectivity index (χ0) is 12.5. The van der Waals surface area contributed by atoms with Gasteiger partial charge >= 0.3 is 0 Å². The standard InChI is InChI=1S/C14H19Cl2N/c1-14(2)6-5-12(8-14)17-9-10-7-11(15)3-4-13(10)16/h3-4,7,12,17H,5-6,8-9H2,1-2H3. The van der Waals surface area contributed by atoms with E-state index in [1.807, 2.05) is 18.2 Å². The lowest BCUT2D eigenvalue weighted by atomic mass is 9.92. The Hall–Kier alpha value is -0.240. The largest absolute Gasteiger partial charge is 0.310 e. The van der Waals surface area contributed by atoms with Crippen LogP contribution in [0.3, 0.4) is 0 Å². The molecule has 17 heavy (non-hydrogen) atoms. The summed E-state index contributed by atoms with van der Waals surface area (Å²) < 4.78 is 0. The molecule has 2 rings (SSSR count). The third-order valence-electron chi connectivity index (χ3n) is 3.56. The quantitative estimate of drug-likeness (QED) is 0.843. The Kier molecular flexibility index (Phi) is 4.02. The summed E-state index contributed by atoms with van der Waals surface area (Å²) >= 11 is 12.1. The van der Waals surface area contributed by atoms with E-state index >= 15 is 0 Å². The Morgan fingerprint density at radius 2 is 2.12 bits per heavy atom. The van der Waals surface area contributed by atoms with Crippen LogP contribution in [0.15, 0.2) is 18.2 Å². The van der Waals surface area contributed by atoms with Crippen molar-refractivity contribution in [2.24, 2.45) is 5.41 Å². The molecule has 1 saturated carbocycles. The number of nitrogens with one attached hydrogen (secondary N) is 1. The summed E-state index contributed by atoms with van der Waals surface area (Å²) in [5, 5.41) is 5.12. The molecule has 1 atom stereocenters. The molecular formula is C14H19Cl2N. The summed E-state index contributed by atoms with van der Waals surface area (Å²) in [5.41, 5.74) is 1.57. The zero-order valence-electron chi connectivity index (χ0n) is 10.4. The van der Waals surface area contributed by atoms with E-state index in [0.29, 0.717) is 11.5 Å². The maximum Gasteiger partial charge on any atom is 0.0451 e. The summed E-state index contributed by atoms with van der Waals surface area (Å²) in [6.45, 7) is 5.47. The van der Waals surface area contributed by atoms with Gasteiger partial charge in [-0.15, -0.1) is 0 Å². The third kappa shape index (κ3) is 3.61. The summed E-state index contributed by atoms with van der Waals surface area (Å²) in [7, 11) is 0. The highest BCUT2D eigenvalue weighted by molar-refractivity contribution is 6.33. The number of halogens is 2. The Morgan fingerprint density at radius 1 is 1.35 bits per heavy atom. The molecule has 1 nitrogen and oxygen atoms in total. The molecule has 1 aliphatic carbocycles. The molecule has 0 spiro atoms. The maximum atomic E-state index is 6.14. The van der Waals surface area contributed by atoms with Crippen molar-refractivity contribution < 1.29 is 0 Å². The van der Waals surface area contributed by atoms with Gasteiger partial charge in [-0.1, -0.05) is 37.0 Å². The first-order chi connectivity index (χ1) is 7.96. The summed E-state index contributed by atoms with van der Waals surface area (Å²) in [4.78, 5) is 0. The minimum absolute atomic E-state index is 0.482. The second-order valence-corrected chi connectivity index (χ2v) is 6.56. The van der Waals surface area contributed by atoms with Gasteiger partial charge in [0.25, 0.3) is 0 Å². The van der Waals surface area contributed by atoms with Gasteiger partial charge in [-0.2, -0.15) is 0 Å². The third-order valence-corrected chi connectivity index (χ3v) is 4.16. The van der Waals surface area contributed by atoms with Crippen LogP contribution in [0.25, 0.3) is 0 Å². The topological polar surface area (TPSA) is 12.0 Å². The van der Waals surface area contributed by atoms with Crippen LogP contribution in [0.5, 0.6) is 0 Å². The van der Waals surface area contributed by atoms with Crippen molar-refractivity contribution in [2.45, 2.75) is 45.7 Å². The minimum Gasteiger partial charge on any atom is -0.310 e. The Morgan fingerprint density at radius 3 is 2.76 bits per heavy atom. The lowest BCUT2D eigenvalue weighted by Crippen LogP contribution is -2.26. The van der Waals surface area contributed by atoms with Crippen LogP contribution in [0.1, 0.15) is 38.7 Å². The van der Waals surface area contributed by atoms with Crippen LogP contribution < -0.4 is 5.32 Å². The SMILES string of the molecule is CC1(C)CCC(NCc2cc(Cl)ccc2Cl)C1. The van der Waals surface area contributed by atoms with Gasteiger partial charge in [0.05, 0.1) is 0 Å². The second-order valence-electron chi connectivity index (χ2n) is 5.72. The fourth-order valence-electron chi connectivity index (χ4n) is 2.54. The molecule has 1 N–H and O–H groups in total. The number of rotatable bonds is 3. The van der Waals surface area contributed by atoms with E-state index in [1.54, 1.807) is 0 Å². The van der Waals surface area contributed by atoms with Gasteiger partial charge in [-0.3, -0.25) is 0 Å². The van der Waals surface area contributed by atoms with Crippen LogP contribution in [0.2, 0.25) is 10.0 Å². The molecule has 3 heteroatoms. The monoisotopic (exact) mass is 271 g/mol. The van der Waals surface area contributed by atoms with Gasteiger partial charge in [0.1, 0.15) is 0 Å². The Bertz CT molecular complexity index is 401. The van der Waals surface area contributed by atoms with E-state index in [2.05, 4.69) is 19.2 Å². The molecule has 0 heterocycles. The second kappa shape index (κ2) is 5.17. The van der Waals surface area contributed by atoms with Gasteiger partial charge in [-0.25, -0.2) is 0 Å². The highest BCUT2D eigenvalue weighted by atomic mass is 35.5. The molecule has 1 aliphatic rings. The smallest absolute Gasteiger partial charge is 0.0451 e. The summed E-state index contributed by atoms with van der Waals surface area (Å²) in [5.74, 6) is 0. The fourth-order valence-corrected chi connectivity index (χ4v) is 2.92. The van der Waals surface area contributed by atoms with Crippen molar-refractivity contribution >= 4 is 23.2 Å². The molecular weight excluding hydrogens is 253 g/mol. The molecule has 0 bridgehead atoms.